The normalized spacial score (nSPS) is 14.3. The molecule has 1 rings (SSSR count). The fourth-order valence-electron chi connectivity index (χ4n) is 1.79. The summed E-state index contributed by atoms with van der Waals surface area (Å²) in [7, 11) is -6.28. The number of rotatable bonds is 4. The summed E-state index contributed by atoms with van der Waals surface area (Å²) >= 11 is 1.14. The van der Waals surface area contributed by atoms with Gasteiger partial charge in [0.2, 0.25) is 0 Å². The van der Waals surface area contributed by atoms with Crippen molar-refractivity contribution in [3.8, 4) is 0 Å². The average Bonchev–Trinajstić information content (AvgIpc) is 2.35. The van der Waals surface area contributed by atoms with Crippen molar-refractivity contribution in [3.05, 3.63) is 24.3 Å². The van der Waals surface area contributed by atoms with E-state index in [1.165, 1.54) is 31.3 Å². The topological polar surface area (TPSA) is 71.5 Å². The van der Waals surface area contributed by atoms with E-state index in [0.717, 1.165) is 15.7 Å². The molecule has 0 bridgehead atoms. The van der Waals surface area contributed by atoms with Crippen LogP contribution >= 0.6 is 11.9 Å². The van der Waals surface area contributed by atoms with Gasteiger partial charge in [-0.25, -0.2) is 16.8 Å². The molecule has 0 saturated carbocycles. The summed E-state index contributed by atoms with van der Waals surface area (Å²) in [5, 5.41) is 0. The van der Waals surface area contributed by atoms with Gasteiger partial charge >= 0.3 is 0 Å². The Balaban J connectivity index is 3.53. The van der Waals surface area contributed by atoms with Gasteiger partial charge in [0.25, 0.3) is 10.0 Å². The first-order chi connectivity index (χ1) is 10.1. The highest BCUT2D eigenvalue weighted by Gasteiger charge is 2.37. The second-order valence-corrected chi connectivity index (χ2v) is 14.0. The van der Waals surface area contributed by atoms with Gasteiger partial charge in [0.1, 0.15) is 4.90 Å². The molecule has 0 heterocycles. The van der Waals surface area contributed by atoms with Gasteiger partial charge in [0, 0.05) is 11.8 Å². The lowest BCUT2D eigenvalue weighted by Crippen LogP contribution is -2.31. The highest BCUT2D eigenvalue weighted by atomic mass is 32.3. The molecule has 0 N–H and O–H groups in total. The summed E-state index contributed by atoms with van der Waals surface area (Å²) in [5.41, 5.74) is 0. The fourth-order valence-corrected chi connectivity index (χ4v) is 6.61. The number of benzene rings is 1. The molecule has 0 fully saturated rings. The highest BCUT2D eigenvalue weighted by molar-refractivity contribution is 8.09. The van der Waals surface area contributed by atoms with Crippen molar-refractivity contribution in [1.82, 2.24) is 3.71 Å². The maximum atomic E-state index is 12.8. The van der Waals surface area contributed by atoms with Crippen LogP contribution < -0.4 is 0 Å². The highest BCUT2D eigenvalue weighted by Crippen LogP contribution is 2.35. The summed E-state index contributed by atoms with van der Waals surface area (Å²) in [6.07, 6.45) is 0. The van der Waals surface area contributed by atoms with E-state index in [-0.39, 0.29) is 14.5 Å². The third-order valence-electron chi connectivity index (χ3n) is 2.96. The molecule has 1 aromatic carbocycles. The number of hydrogen-bond acceptors (Lipinski definition) is 5. The summed E-state index contributed by atoms with van der Waals surface area (Å²) in [6, 6.07) is 5.76. The second kappa shape index (κ2) is 6.38. The molecule has 132 valence electrons. The van der Waals surface area contributed by atoms with Crippen molar-refractivity contribution in [2.24, 2.45) is 0 Å². The van der Waals surface area contributed by atoms with E-state index in [1.54, 1.807) is 20.8 Å². The molecule has 5 nitrogen and oxygen atoms in total. The van der Waals surface area contributed by atoms with E-state index in [0.29, 0.717) is 0 Å². The van der Waals surface area contributed by atoms with Crippen molar-refractivity contribution in [2.75, 3.05) is 7.05 Å². The zero-order valence-corrected chi connectivity index (χ0v) is 17.1. The second-order valence-electron chi connectivity index (χ2n) is 7.18. The zero-order chi connectivity index (χ0) is 18.3. The Morgan fingerprint density at radius 2 is 1.30 bits per heavy atom. The molecule has 0 aliphatic heterocycles. The van der Waals surface area contributed by atoms with Crippen LogP contribution in [0.2, 0.25) is 0 Å². The quantitative estimate of drug-likeness (QED) is 0.751. The molecule has 0 unspecified atom stereocenters. The summed E-state index contributed by atoms with van der Waals surface area (Å²) < 4.78 is 50.9. The molecule has 0 amide bonds. The van der Waals surface area contributed by atoms with Crippen molar-refractivity contribution in [3.63, 3.8) is 0 Å². The monoisotopic (exact) mass is 379 g/mol. The van der Waals surface area contributed by atoms with Crippen LogP contribution in [-0.4, -0.2) is 37.1 Å². The van der Waals surface area contributed by atoms with Crippen LogP contribution in [0.3, 0.4) is 0 Å². The van der Waals surface area contributed by atoms with Crippen LogP contribution in [0.25, 0.3) is 0 Å². The van der Waals surface area contributed by atoms with E-state index in [4.69, 9.17) is 0 Å². The predicted octanol–water partition coefficient (Wildman–Crippen LogP) is 3.33. The summed E-state index contributed by atoms with van der Waals surface area (Å²) in [5.74, 6) is 0. The van der Waals surface area contributed by atoms with Crippen molar-refractivity contribution in [2.45, 2.75) is 60.8 Å². The van der Waals surface area contributed by atoms with E-state index in [9.17, 15) is 16.8 Å². The Morgan fingerprint density at radius 3 is 1.70 bits per heavy atom. The third kappa shape index (κ3) is 4.49. The minimum Gasteiger partial charge on any atom is -0.223 e. The van der Waals surface area contributed by atoms with Gasteiger partial charge in [-0.15, -0.1) is 3.71 Å². The molecular formula is C15H25NO4S3. The molecule has 23 heavy (non-hydrogen) atoms. The standard InChI is InChI=1S/C15H25NO4S3/c1-14(2,3)21-16(7)23(19,20)13-11-9-8-10-12(13)22(17,18)15(4,5)6/h8-11H,1-7H3. The number of sulfone groups is 1. The lowest BCUT2D eigenvalue weighted by atomic mass is 10.3. The van der Waals surface area contributed by atoms with Crippen LogP contribution in [0.15, 0.2) is 34.1 Å². The summed E-state index contributed by atoms with van der Waals surface area (Å²) in [4.78, 5) is -0.344. The zero-order valence-electron chi connectivity index (χ0n) is 14.6. The Hall–Kier alpha value is -0.570. The lowest BCUT2D eigenvalue weighted by Gasteiger charge is -2.27. The fraction of sp³-hybridized carbons (Fsp3) is 0.600. The number of hydrogen-bond donors (Lipinski definition) is 0. The van der Waals surface area contributed by atoms with Crippen LogP contribution in [0, 0.1) is 0 Å². The molecule has 0 atom stereocenters. The van der Waals surface area contributed by atoms with Crippen molar-refractivity contribution < 1.29 is 16.8 Å². The van der Waals surface area contributed by atoms with Gasteiger partial charge in [-0.05, 0) is 53.7 Å². The molecule has 0 aromatic heterocycles. The number of nitrogens with zero attached hydrogens (tertiary/aromatic N) is 1. The first kappa shape index (κ1) is 20.5. The van der Waals surface area contributed by atoms with Gasteiger partial charge in [-0.3, -0.25) is 0 Å². The van der Waals surface area contributed by atoms with Gasteiger partial charge in [0.15, 0.2) is 9.84 Å². The largest absolute Gasteiger partial charge is 0.253 e. The molecular weight excluding hydrogens is 354 g/mol. The predicted molar refractivity (Wildman–Crippen MR) is 95.7 cm³/mol. The maximum Gasteiger partial charge on any atom is 0.253 e. The van der Waals surface area contributed by atoms with Crippen LogP contribution in [0.1, 0.15) is 41.5 Å². The van der Waals surface area contributed by atoms with Crippen molar-refractivity contribution in [1.29, 1.82) is 0 Å². The molecule has 0 aliphatic rings. The molecule has 0 spiro atoms. The molecule has 0 radical (unpaired) electrons. The molecule has 8 heteroatoms. The first-order valence-electron chi connectivity index (χ1n) is 7.12. The maximum absolute atomic E-state index is 12.8. The Kier molecular flexibility index (Phi) is 5.68. The molecule has 0 saturated heterocycles. The molecule has 0 aliphatic carbocycles. The summed E-state index contributed by atoms with van der Waals surface area (Å²) in [6.45, 7) is 10.3. The number of sulfonamides is 1. The lowest BCUT2D eigenvalue weighted by molar-refractivity contribution is 0.546. The Bertz CT molecular complexity index is 770. The van der Waals surface area contributed by atoms with E-state index < -0.39 is 24.6 Å². The minimum atomic E-state index is -3.93. The third-order valence-corrected chi connectivity index (χ3v) is 8.85. The van der Waals surface area contributed by atoms with Crippen LogP contribution in [0.5, 0.6) is 0 Å². The average molecular weight is 380 g/mol. The first-order valence-corrected chi connectivity index (χ1v) is 10.8. The Morgan fingerprint density at radius 1 is 0.870 bits per heavy atom. The van der Waals surface area contributed by atoms with Crippen molar-refractivity contribution >= 4 is 31.8 Å². The minimum absolute atomic E-state index is 0.158. The van der Waals surface area contributed by atoms with Gasteiger partial charge in [-0.1, -0.05) is 24.1 Å². The van der Waals surface area contributed by atoms with Gasteiger partial charge < -0.3 is 0 Å². The SMILES string of the molecule is CN(SC(C)(C)C)S(=O)(=O)c1ccccc1S(=O)(=O)C(C)(C)C. The van der Waals surface area contributed by atoms with Crippen LogP contribution in [0.4, 0.5) is 0 Å². The van der Waals surface area contributed by atoms with E-state index >= 15 is 0 Å². The van der Waals surface area contributed by atoms with E-state index in [2.05, 4.69) is 0 Å². The molecule has 1 aromatic rings. The smallest absolute Gasteiger partial charge is 0.223 e. The Labute approximate surface area is 144 Å². The van der Waals surface area contributed by atoms with Gasteiger partial charge in [0.05, 0.1) is 9.64 Å². The van der Waals surface area contributed by atoms with Gasteiger partial charge in [-0.2, -0.15) is 0 Å². The van der Waals surface area contributed by atoms with Crippen LogP contribution in [-0.2, 0) is 19.9 Å². The van der Waals surface area contributed by atoms with E-state index in [1.807, 2.05) is 20.8 Å².